The topological polar surface area (TPSA) is 62.0 Å². The van der Waals surface area contributed by atoms with Crippen molar-refractivity contribution in [2.24, 2.45) is 0 Å². The van der Waals surface area contributed by atoms with Gasteiger partial charge in [-0.15, -0.1) is 0 Å². The third-order valence-corrected chi connectivity index (χ3v) is 3.58. The molecule has 106 valence electrons. The zero-order chi connectivity index (χ0) is 14.7. The number of aromatic nitrogens is 2. The van der Waals surface area contributed by atoms with Crippen LogP contribution < -0.4 is 4.90 Å². The zero-order valence-corrected chi connectivity index (χ0v) is 12.0. The summed E-state index contributed by atoms with van der Waals surface area (Å²) < 4.78 is 5.35. The van der Waals surface area contributed by atoms with Gasteiger partial charge in [0.05, 0.1) is 30.5 Å². The van der Waals surface area contributed by atoms with Gasteiger partial charge in [-0.1, -0.05) is 0 Å². The summed E-state index contributed by atoms with van der Waals surface area (Å²) >= 11 is 5.82. The van der Waals surface area contributed by atoms with Crippen LogP contribution in [0.15, 0.2) is 30.5 Å². The van der Waals surface area contributed by atoms with Gasteiger partial charge in [0.2, 0.25) is 5.28 Å². The first-order valence-electron chi connectivity index (χ1n) is 6.64. The lowest BCUT2D eigenvalue weighted by atomic mass is 10.0. The van der Waals surface area contributed by atoms with Gasteiger partial charge in [0.25, 0.3) is 0 Å². The van der Waals surface area contributed by atoms with Crippen LogP contribution >= 0.6 is 11.6 Å². The molecule has 0 atom stereocenters. The first kappa shape index (κ1) is 13.8. The minimum Gasteiger partial charge on any atom is -0.378 e. The van der Waals surface area contributed by atoms with Crippen LogP contribution in [0.1, 0.15) is 5.56 Å². The van der Waals surface area contributed by atoms with E-state index in [1.54, 1.807) is 12.3 Å². The summed E-state index contributed by atoms with van der Waals surface area (Å²) in [5.41, 5.74) is 3.02. The van der Waals surface area contributed by atoms with Gasteiger partial charge < -0.3 is 9.64 Å². The minimum atomic E-state index is 0.175. The number of rotatable bonds is 2. The van der Waals surface area contributed by atoms with Crippen LogP contribution in [0.5, 0.6) is 0 Å². The van der Waals surface area contributed by atoms with Crippen LogP contribution in [0, 0.1) is 11.3 Å². The molecule has 1 aromatic heterocycles. The SMILES string of the molecule is N#Cc1cc(N2CCOCC2)ccc1-c1ccnc(Cl)n1. The van der Waals surface area contributed by atoms with Crippen molar-refractivity contribution >= 4 is 17.3 Å². The lowest BCUT2D eigenvalue weighted by Gasteiger charge is -2.29. The lowest BCUT2D eigenvalue weighted by Crippen LogP contribution is -2.36. The highest BCUT2D eigenvalue weighted by Gasteiger charge is 2.14. The van der Waals surface area contributed by atoms with Crippen LogP contribution in [0.3, 0.4) is 0 Å². The molecule has 5 nitrogen and oxygen atoms in total. The van der Waals surface area contributed by atoms with Gasteiger partial charge in [-0.3, -0.25) is 0 Å². The summed E-state index contributed by atoms with van der Waals surface area (Å²) in [6.45, 7) is 3.10. The van der Waals surface area contributed by atoms with Crippen molar-refractivity contribution in [3.8, 4) is 17.3 Å². The van der Waals surface area contributed by atoms with E-state index in [4.69, 9.17) is 16.3 Å². The maximum atomic E-state index is 9.40. The van der Waals surface area contributed by atoms with Crippen LogP contribution in [-0.2, 0) is 4.74 Å². The molecule has 0 amide bonds. The number of benzene rings is 1. The summed E-state index contributed by atoms with van der Waals surface area (Å²) in [4.78, 5) is 10.2. The van der Waals surface area contributed by atoms with E-state index in [1.165, 1.54) is 0 Å². The van der Waals surface area contributed by atoms with Crippen molar-refractivity contribution < 1.29 is 4.74 Å². The second-order valence-corrected chi connectivity index (χ2v) is 4.99. The highest BCUT2D eigenvalue weighted by atomic mass is 35.5. The smallest absolute Gasteiger partial charge is 0.222 e. The maximum absolute atomic E-state index is 9.40. The van der Waals surface area contributed by atoms with E-state index < -0.39 is 0 Å². The van der Waals surface area contributed by atoms with E-state index in [1.807, 2.05) is 18.2 Å². The molecule has 1 aromatic carbocycles. The molecule has 1 fully saturated rings. The largest absolute Gasteiger partial charge is 0.378 e. The van der Waals surface area contributed by atoms with Crippen LogP contribution in [0.2, 0.25) is 5.28 Å². The van der Waals surface area contributed by atoms with Crippen LogP contribution in [0.25, 0.3) is 11.3 Å². The molecule has 0 bridgehead atoms. The second-order valence-electron chi connectivity index (χ2n) is 4.65. The summed E-state index contributed by atoms with van der Waals surface area (Å²) in [5, 5.41) is 9.58. The molecule has 0 unspecified atom stereocenters. The predicted octanol–water partition coefficient (Wildman–Crippen LogP) is 2.51. The second kappa shape index (κ2) is 6.08. The van der Waals surface area contributed by atoms with Gasteiger partial charge in [0.15, 0.2) is 0 Å². The first-order valence-corrected chi connectivity index (χ1v) is 7.01. The Morgan fingerprint density at radius 2 is 2.05 bits per heavy atom. The summed E-state index contributed by atoms with van der Waals surface area (Å²) in [6, 6.07) is 9.77. The molecular weight excluding hydrogens is 288 g/mol. The Labute approximate surface area is 127 Å². The molecule has 0 saturated carbocycles. The molecular formula is C15H13ClN4O. The van der Waals surface area contributed by atoms with Crippen molar-refractivity contribution in [3.63, 3.8) is 0 Å². The van der Waals surface area contributed by atoms with Crippen LogP contribution in [-0.4, -0.2) is 36.3 Å². The summed E-state index contributed by atoms with van der Waals surface area (Å²) in [7, 11) is 0. The normalized spacial score (nSPS) is 14.8. The molecule has 3 rings (SSSR count). The van der Waals surface area contributed by atoms with Gasteiger partial charge in [-0.2, -0.15) is 5.26 Å². The zero-order valence-electron chi connectivity index (χ0n) is 11.3. The molecule has 6 heteroatoms. The fourth-order valence-electron chi connectivity index (χ4n) is 2.35. The van der Waals surface area contributed by atoms with E-state index in [0.717, 1.165) is 24.3 Å². The Balaban J connectivity index is 1.98. The molecule has 2 heterocycles. The number of hydrogen-bond acceptors (Lipinski definition) is 5. The van der Waals surface area contributed by atoms with Crippen molar-refractivity contribution in [3.05, 3.63) is 41.3 Å². The van der Waals surface area contributed by atoms with Gasteiger partial charge in [0.1, 0.15) is 0 Å². The Kier molecular flexibility index (Phi) is 4.00. The molecule has 0 N–H and O–H groups in total. The summed E-state index contributed by atoms with van der Waals surface area (Å²) in [6.07, 6.45) is 1.59. The average Bonchev–Trinajstić information content (AvgIpc) is 2.55. The standard InChI is InChI=1S/C15H13ClN4O/c16-15-18-4-3-14(19-15)13-2-1-12(9-11(13)10-17)20-5-7-21-8-6-20/h1-4,9H,5-8H2. The maximum Gasteiger partial charge on any atom is 0.222 e. The fourth-order valence-corrected chi connectivity index (χ4v) is 2.50. The van der Waals surface area contributed by atoms with Crippen molar-refractivity contribution in [2.45, 2.75) is 0 Å². The van der Waals surface area contributed by atoms with E-state index in [0.29, 0.717) is 24.5 Å². The minimum absolute atomic E-state index is 0.175. The first-order chi connectivity index (χ1) is 10.3. The van der Waals surface area contributed by atoms with E-state index in [-0.39, 0.29) is 5.28 Å². The molecule has 0 radical (unpaired) electrons. The van der Waals surface area contributed by atoms with E-state index in [2.05, 4.69) is 20.9 Å². The Morgan fingerprint density at radius 1 is 1.24 bits per heavy atom. The quantitative estimate of drug-likeness (QED) is 0.798. The van der Waals surface area contributed by atoms with Crippen molar-refractivity contribution in [1.29, 1.82) is 5.26 Å². The molecule has 1 aliphatic rings. The third-order valence-electron chi connectivity index (χ3n) is 3.40. The van der Waals surface area contributed by atoms with E-state index >= 15 is 0 Å². The Morgan fingerprint density at radius 3 is 2.76 bits per heavy atom. The number of anilines is 1. The molecule has 21 heavy (non-hydrogen) atoms. The number of halogens is 1. The highest BCUT2D eigenvalue weighted by molar-refractivity contribution is 6.28. The lowest BCUT2D eigenvalue weighted by molar-refractivity contribution is 0.122. The Bertz CT molecular complexity index is 692. The van der Waals surface area contributed by atoms with Gasteiger partial charge in [-0.25, -0.2) is 9.97 Å². The van der Waals surface area contributed by atoms with Gasteiger partial charge in [-0.05, 0) is 35.9 Å². The molecule has 1 aliphatic heterocycles. The van der Waals surface area contributed by atoms with E-state index in [9.17, 15) is 5.26 Å². The molecule has 0 spiro atoms. The predicted molar refractivity (Wildman–Crippen MR) is 80.2 cm³/mol. The number of hydrogen-bond donors (Lipinski definition) is 0. The molecule has 0 aliphatic carbocycles. The fraction of sp³-hybridized carbons (Fsp3) is 0.267. The van der Waals surface area contributed by atoms with Crippen LogP contribution in [0.4, 0.5) is 5.69 Å². The highest BCUT2D eigenvalue weighted by Crippen LogP contribution is 2.27. The number of morpholine rings is 1. The number of ether oxygens (including phenoxy) is 1. The molecule has 1 saturated heterocycles. The van der Waals surface area contributed by atoms with Crippen molar-refractivity contribution in [1.82, 2.24) is 9.97 Å². The number of nitriles is 1. The van der Waals surface area contributed by atoms with Gasteiger partial charge >= 0.3 is 0 Å². The third kappa shape index (κ3) is 2.97. The van der Waals surface area contributed by atoms with Crippen molar-refractivity contribution in [2.75, 3.05) is 31.2 Å². The summed E-state index contributed by atoms with van der Waals surface area (Å²) in [5.74, 6) is 0. The Hall–Kier alpha value is -2.16. The monoisotopic (exact) mass is 300 g/mol. The van der Waals surface area contributed by atoms with Gasteiger partial charge in [0, 0.05) is 30.5 Å². The average molecular weight is 301 g/mol. The number of nitrogens with zero attached hydrogens (tertiary/aromatic N) is 4. The molecule has 2 aromatic rings.